The number of hydrogen-bond donors (Lipinski definition) is 8. The number of nitrogen functional groups attached to an aromatic ring is 3. The summed E-state index contributed by atoms with van der Waals surface area (Å²) in [5.74, 6) is -1.75. The molecule has 406 valence electrons. The van der Waals surface area contributed by atoms with E-state index >= 15 is 0 Å². The largest absolute Gasteiger partial charge is 1.00 e. The zero-order valence-electron chi connectivity index (χ0n) is 41.6. The van der Waals surface area contributed by atoms with Crippen molar-refractivity contribution < 1.29 is 109 Å². The van der Waals surface area contributed by atoms with Gasteiger partial charge in [0.15, 0.2) is 0 Å². The second-order valence-corrected chi connectivity index (χ2v) is 20.4. The van der Waals surface area contributed by atoms with Crippen LogP contribution in [0.3, 0.4) is 0 Å². The molecule has 3 aliphatic rings. The molecule has 0 aliphatic heterocycles. The molecule has 0 amide bonds. The van der Waals surface area contributed by atoms with Crippen LogP contribution in [0.2, 0.25) is 0 Å². The van der Waals surface area contributed by atoms with Gasteiger partial charge in [-0.05, 0) is 54.2 Å². The minimum absolute atomic E-state index is 0. The molecular weight excluding hydrogens is 1020 g/mol. The molecule has 0 unspecified atom stereocenters. The van der Waals surface area contributed by atoms with Crippen LogP contribution >= 0.6 is 15.6 Å². The van der Waals surface area contributed by atoms with Gasteiger partial charge in [-0.1, -0.05) is 56.4 Å². The molecule has 75 heavy (non-hydrogen) atoms. The number of ether oxygens (including phenoxy) is 3. The summed E-state index contributed by atoms with van der Waals surface area (Å²) in [7, 11) is -9.36. The Hall–Kier alpha value is -4.96. The molecule has 0 spiro atoms. The molecule has 11 N–H and O–H groups in total. The molecule has 0 saturated heterocycles. The van der Waals surface area contributed by atoms with Crippen LogP contribution < -0.4 is 72.0 Å². The maximum atomic E-state index is 11.8. The molecule has 0 bridgehead atoms. The van der Waals surface area contributed by atoms with Crippen molar-refractivity contribution in [3.63, 3.8) is 0 Å². The van der Waals surface area contributed by atoms with Crippen LogP contribution in [0.4, 0.5) is 17.5 Å². The standard InChI is InChI=1S/2C14H20N3O7P.C14H19N3O4.2CH4.2Li/c2*1-9(2)12(18)23-7-14(8-24-25(20,21)22)5-10(14)6-17-4-3-11(15)16-13(17)19;1-9(2)12(19)21-8-14(7-18)5-10(14)6-17-4-3-11(15)16-13(17)20;;;;/h2*3-4,6,9H,5,7-8H2,1-2H3,(H2,15,16,19)(H2,20,21,22);3-4,6,9,18H,5,7-8H2,1-2H3,(H2,15,16,20);2*1H4;;/q;;;;;2*+1/b3*10-6-;;;;/t3*14-;;;;/m001..../s1. The van der Waals surface area contributed by atoms with Gasteiger partial charge in [-0.2, -0.15) is 15.0 Å². The number of nitrogens with zero attached hydrogens (tertiary/aromatic N) is 6. The number of rotatable bonds is 19. The molecule has 3 fully saturated rings. The van der Waals surface area contributed by atoms with Crippen molar-refractivity contribution >= 4 is 69.6 Å². The zero-order valence-corrected chi connectivity index (χ0v) is 43.4. The molecule has 3 atom stereocenters. The number of hydrogen-bond acceptors (Lipinski definition) is 20. The van der Waals surface area contributed by atoms with Gasteiger partial charge in [-0.25, -0.2) is 23.5 Å². The number of anilines is 3. The Morgan fingerprint density at radius 3 is 1.05 bits per heavy atom. The van der Waals surface area contributed by atoms with E-state index in [4.69, 9.17) is 51.0 Å². The van der Waals surface area contributed by atoms with Gasteiger partial charge in [-0.15, -0.1) is 0 Å². The van der Waals surface area contributed by atoms with Crippen LogP contribution in [0.25, 0.3) is 18.6 Å². The van der Waals surface area contributed by atoms with E-state index in [1.54, 1.807) is 47.7 Å². The summed E-state index contributed by atoms with van der Waals surface area (Å²) < 4.78 is 50.3. The van der Waals surface area contributed by atoms with Crippen molar-refractivity contribution in [2.24, 2.45) is 34.0 Å². The second-order valence-electron chi connectivity index (χ2n) is 17.9. The topological polar surface area (TPSA) is 415 Å². The van der Waals surface area contributed by atoms with Gasteiger partial charge >= 0.3 is 88.3 Å². The fourth-order valence-corrected chi connectivity index (χ4v) is 6.96. The van der Waals surface area contributed by atoms with Crippen LogP contribution in [-0.2, 0) is 46.8 Å². The summed E-state index contributed by atoms with van der Waals surface area (Å²) in [6.45, 7) is 9.26. The maximum Gasteiger partial charge on any atom is 1.00 e. The van der Waals surface area contributed by atoms with Crippen LogP contribution in [0.15, 0.2) is 67.9 Å². The Morgan fingerprint density at radius 2 is 0.813 bits per heavy atom. The first-order chi connectivity index (χ1) is 32.9. The van der Waals surface area contributed by atoms with E-state index in [0.717, 1.165) is 5.57 Å². The van der Waals surface area contributed by atoms with Crippen molar-refractivity contribution in [3.05, 3.63) is 85.0 Å². The van der Waals surface area contributed by atoms with Crippen molar-refractivity contribution in [2.75, 3.05) is 56.8 Å². The summed E-state index contributed by atoms with van der Waals surface area (Å²) in [6, 6.07) is 4.39. The van der Waals surface area contributed by atoms with Crippen LogP contribution in [0.1, 0.15) is 75.7 Å². The summed E-state index contributed by atoms with van der Waals surface area (Å²) in [4.78, 5) is 116. The van der Waals surface area contributed by atoms with E-state index in [0.29, 0.717) is 30.4 Å². The Labute approximate surface area is 456 Å². The fourth-order valence-electron chi connectivity index (χ4n) is 6.13. The Balaban J connectivity index is 0.00000107. The summed E-state index contributed by atoms with van der Waals surface area (Å²) in [5, 5.41) is 9.51. The summed E-state index contributed by atoms with van der Waals surface area (Å²) in [5.41, 5.74) is 14.4. The fraction of sp³-hybridized carbons (Fsp3) is 0.523. The predicted molar refractivity (Wildman–Crippen MR) is 267 cm³/mol. The van der Waals surface area contributed by atoms with E-state index in [-0.39, 0.29) is 133 Å². The number of esters is 3. The normalized spacial score (nSPS) is 20.7. The van der Waals surface area contributed by atoms with Gasteiger partial charge in [0.1, 0.15) is 37.3 Å². The summed E-state index contributed by atoms with van der Waals surface area (Å²) >= 11 is 0. The zero-order chi connectivity index (χ0) is 53.3. The quantitative estimate of drug-likeness (QED) is 0.0247. The Bertz CT molecular complexity index is 2710. The molecule has 31 heteroatoms. The molecule has 3 aromatic rings. The second kappa shape index (κ2) is 29.0. The van der Waals surface area contributed by atoms with E-state index in [1.807, 2.05) is 0 Å². The minimum atomic E-state index is -4.68. The first-order valence-electron chi connectivity index (χ1n) is 21.6. The third-order valence-electron chi connectivity index (χ3n) is 10.9. The minimum Gasteiger partial charge on any atom is -0.464 e. The SMILES string of the molecule is C.C.CC(C)C(=O)OC[C@]1(CO)C/C1=C/n1ccc(N)nc1=O.CC(C)C(=O)OC[C@]1(COP(=O)(O)O)C/C1=C/n1ccc(N)nc1=O.CC(C)C(=O)OC[C@]1(COP(=O)(O)O)C/C1=C/n1ccc(N)nc1=O.[Li+].[Li+]. The molecule has 3 aromatic heterocycles. The van der Waals surface area contributed by atoms with Crippen molar-refractivity contribution in [2.45, 2.75) is 75.7 Å². The van der Waals surface area contributed by atoms with E-state index in [9.17, 15) is 43.0 Å². The number of carbonyl (C=O) groups is 3. The Kier molecular flexibility index (Phi) is 27.1. The van der Waals surface area contributed by atoms with Gasteiger partial charge in [0.05, 0.1) is 53.8 Å². The number of aromatic nitrogens is 6. The van der Waals surface area contributed by atoms with Crippen LogP contribution in [-0.4, -0.2) is 111 Å². The van der Waals surface area contributed by atoms with Gasteiger partial charge < -0.3 is 56.1 Å². The Morgan fingerprint density at radius 1 is 0.560 bits per heavy atom. The third kappa shape index (κ3) is 21.5. The maximum absolute atomic E-state index is 11.8. The molecule has 6 rings (SSSR count). The molecule has 0 radical (unpaired) electrons. The van der Waals surface area contributed by atoms with Gasteiger partial charge in [-0.3, -0.25) is 37.1 Å². The monoisotopic (exact) mass is 1090 g/mol. The average molecular weight is 1090 g/mol. The van der Waals surface area contributed by atoms with E-state index < -0.39 is 60.9 Å². The van der Waals surface area contributed by atoms with Gasteiger partial charge in [0.2, 0.25) is 0 Å². The van der Waals surface area contributed by atoms with Gasteiger partial charge in [0, 0.05) is 37.2 Å². The molecule has 3 saturated carbocycles. The number of phosphoric acid groups is 2. The first kappa shape index (κ1) is 70.0. The molecule has 0 aromatic carbocycles. The predicted octanol–water partition coefficient (Wildman–Crippen LogP) is -3.74. The third-order valence-corrected chi connectivity index (χ3v) is 11.8. The number of aliphatic hydroxyl groups excluding tert-OH is 1. The van der Waals surface area contributed by atoms with Crippen LogP contribution in [0, 0.1) is 34.0 Å². The van der Waals surface area contributed by atoms with E-state index in [1.165, 1.54) is 62.9 Å². The molecular formula is C44H67Li2N9O18P2+2. The number of aliphatic hydroxyl groups is 1. The van der Waals surface area contributed by atoms with E-state index in [2.05, 4.69) is 24.0 Å². The van der Waals surface area contributed by atoms with Gasteiger partial charge in [0.25, 0.3) is 0 Å². The van der Waals surface area contributed by atoms with Crippen LogP contribution in [0.5, 0.6) is 0 Å². The van der Waals surface area contributed by atoms with Crippen molar-refractivity contribution in [3.8, 4) is 0 Å². The number of nitrogens with two attached hydrogens (primary N) is 3. The number of phosphoric ester groups is 2. The average Bonchev–Trinajstić information content (AvgIpc) is 4.23. The van der Waals surface area contributed by atoms with Crippen molar-refractivity contribution in [1.82, 2.24) is 28.7 Å². The number of carbonyl (C=O) groups excluding carboxylic acids is 3. The summed E-state index contributed by atoms with van der Waals surface area (Å²) in [6.07, 6.45) is 10.2. The molecule has 3 heterocycles. The molecule has 27 nitrogen and oxygen atoms in total. The first-order valence-corrected chi connectivity index (χ1v) is 24.7. The smallest absolute Gasteiger partial charge is 0.464 e. The van der Waals surface area contributed by atoms with Crippen molar-refractivity contribution in [1.29, 1.82) is 0 Å². The molecule has 3 aliphatic carbocycles.